The van der Waals surface area contributed by atoms with Gasteiger partial charge in [0.05, 0.1) is 23.4 Å². The van der Waals surface area contributed by atoms with Gasteiger partial charge in [-0.25, -0.2) is 16.8 Å². The number of rotatable bonds is 4. The van der Waals surface area contributed by atoms with Gasteiger partial charge in [-0.1, -0.05) is 0 Å². The quantitative estimate of drug-likeness (QED) is 0.648. The minimum atomic E-state index is -3.77. The molecule has 116 valence electrons. The second kappa shape index (κ2) is 5.61. The van der Waals surface area contributed by atoms with Crippen LogP contribution in [0.4, 0.5) is 0 Å². The highest BCUT2D eigenvalue weighted by molar-refractivity contribution is 7.95. The molecule has 0 aliphatic carbocycles. The summed E-state index contributed by atoms with van der Waals surface area (Å²) in [6.45, 7) is 2.11. The van der Waals surface area contributed by atoms with Crippen LogP contribution in [-0.2, 0) is 29.4 Å². The third kappa shape index (κ3) is 2.99. The normalized spacial score (nSPS) is 30.4. The van der Waals surface area contributed by atoms with Gasteiger partial charge in [0, 0.05) is 6.54 Å². The number of hydrogen-bond acceptors (Lipinski definition) is 6. The number of esters is 1. The zero-order valence-electron chi connectivity index (χ0n) is 11.3. The maximum atomic E-state index is 12.5. The molecule has 2 aliphatic rings. The van der Waals surface area contributed by atoms with Gasteiger partial charge in [-0.3, -0.25) is 4.79 Å². The summed E-state index contributed by atoms with van der Waals surface area (Å²) in [4.78, 5) is 11.8. The van der Waals surface area contributed by atoms with E-state index >= 15 is 0 Å². The lowest BCUT2D eigenvalue weighted by atomic mass is 10.2. The van der Waals surface area contributed by atoms with Gasteiger partial charge < -0.3 is 4.74 Å². The summed E-state index contributed by atoms with van der Waals surface area (Å²) in [7, 11) is -7.05. The number of nitrogens with zero attached hydrogens (tertiary/aromatic N) is 1. The highest BCUT2D eigenvalue weighted by Gasteiger charge is 2.46. The summed E-state index contributed by atoms with van der Waals surface area (Å²) in [6.07, 6.45) is 1.12. The molecule has 0 saturated carbocycles. The number of hydrogen-bond donors (Lipinski definition) is 0. The number of sulfonamides is 1. The first kappa shape index (κ1) is 15.7. The molecule has 0 aromatic rings. The van der Waals surface area contributed by atoms with Crippen LogP contribution in [0.5, 0.6) is 0 Å². The van der Waals surface area contributed by atoms with Gasteiger partial charge >= 0.3 is 5.97 Å². The molecule has 0 aromatic heterocycles. The molecule has 0 radical (unpaired) electrons. The van der Waals surface area contributed by atoms with E-state index in [2.05, 4.69) is 0 Å². The fraction of sp³-hybridized carbons (Fsp3) is 0.909. The summed E-state index contributed by atoms with van der Waals surface area (Å²) in [6, 6.07) is -0.803. The van der Waals surface area contributed by atoms with Gasteiger partial charge in [-0.15, -0.1) is 0 Å². The van der Waals surface area contributed by atoms with Crippen LogP contribution in [0.15, 0.2) is 0 Å². The van der Waals surface area contributed by atoms with Crippen molar-refractivity contribution in [3.8, 4) is 0 Å². The van der Waals surface area contributed by atoms with Gasteiger partial charge in [-0.05, 0) is 26.2 Å². The van der Waals surface area contributed by atoms with Crippen LogP contribution in [0.25, 0.3) is 0 Å². The maximum Gasteiger partial charge on any atom is 0.324 e. The van der Waals surface area contributed by atoms with E-state index in [1.807, 2.05) is 0 Å². The van der Waals surface area contributed by atoms with E-state index in [4.69, 9.17) is 4.74 Å². The van der Waals surface area contributed by atoms with E-state index in [1.54, 1.807) is 6.92 Å². The summed E-state index contributed by atoms with van der Waals surface area (Å²) in [5.41, 5.74) is 0. The Hall–Kier alpha value is -0.670. The van der Waals surface area contributed by atoms with E-state index in [-0.39, 0.29) is 31.1 Å². The SMILES string of the molecule is CCOC(=O)C1CCCN1S(=O)(=O)C1CCS(=O)(=O)C1. The second-order valence-corrected chi connectivity index (χ2v) is 9.49. The lowest BCUT2D eigenvalue weighted by molar-refractivity contribution is -0.146. The van der Waals surface area contributed by atoms with Crippen molar-refractivity contribution in [3.05, 3.63) is 0 Å². The van der Waals surface area contributed by atoms with E-state index in [9.17, 15) is 21.6 Å². The third-order valence-electron chi connectivity index (χ3n) is 3.70. The smallest absolute Gasteiger partial charge is 0.324 e. The van der Waals surface area contributed by atoms with Crippen molar-refractivity contribution in [2.45, 2.75) is 37.5 Å². The number of carbonyl (C=O) groups is 1. The highest BCUT2D eigenvalue weighted by atomic mass is 32.2. The molecule has 0 bridgehead atoms. The molecule has 0 N–H and O–H groups in total. The van der Waals surface area contributed by atoms with Crippen molar-refractivity contribution < 1.29 is 26.4 Å². The molecule has 0 aromatic carbocycles. The number of ether oxygens (including phenoxy) is 1. The maximum absolute atomic E-state index is 12.5. The van der Waals surface area contributed by atoms with Crippen molar-refractivity contribution in [1.82, 2.24) is 4.31 Å². The summed E-state index contributed by atoms with van der Waals surface area (Å²) in [5.74, 6) is -0.995. The molecule has 2 atom stereocenters. The van der Waals surface area contributed by atoms with E-state index in [1.165, 1.54) is 0 Å². The summed E-state index contributed by atoms with van der Waals surface area (Å²) in [5, 5.41) is -0.928. The third-order valence-corrected chi connectivity index (χ3v) is 8.02. The first-order valence-electron chi connectivity index (χ1n) is 6.65. The Morgan fingerprint density at radius 1 is 1.35 bits per heavy atom. The van der Waals surface area contributed by atoms with Gasteiger partial charge in [0.15, 0.2) is 9.84 Å². The van der Waals surface area contributed by atoms with E-state index in [0.29, 0.717) is 12.8 Å². The van der Waals surface area contributed by atoms with Crippen molar-refractivity contribution in [3.63, 3.8) is 0 Å². The zero-order valence-corrected chi connectivity index (χ0v) is 13.0. The van der Waals surface area contributed by atoms with Crippen molar-refractivity contribution in [2.75, 3.05) is 24.7 Å². The minimum Gasteiger partial charge on any atom is -0.465 e. The first-order chi connectivity index (χ1) is 9.28. The molecule has 2 aliphatic heterocycles. The molecular weight excluding hydrogens is 306 g/mol. The molecule has 7 nitrogen and oxygen atoms in total. The predicted molar refractivity (Wildman–Crippen MR) is 72.3 cm³/mol. The summed E-state index contributed by atoms with van der Waals surface area (Å²) < 4.78 is 53.9. The molecule has 2 fully saturated rings. The Kier molecular flexibility index (Phi) is 4.41. The Morgan fingerprint density at radius 2 is 2.05 bits per heavy atom. The van der Waals surface area contributed by atoms with Crippen LogP contribution in [-0.4, -0.2) is 63.1 Å². The molecule has 2 rings (SSSR count). The van der Waals surface area contributed by atoms with Crippen LogP contribution in [0.3, 0.4) is 0 Å². The van der Waals surface area contributed by atoms with Crippen LogP contribution < -0.4 is 0 Å². The first-order valence-corrected chi connectivity index (χ1v) is 9.98. The largest absolute Gasteiger partial charge is 0.465 e. The second-order valence-electron chi connectivity index (χ2n) is 5.09. The molecule has 9 heteroatoms. The highest BCUT2D eigenvalue weighted by Crippen LogP contribution is 2.29. The van der Waals surface area contributed by atoms with Crippen molar-refractivity contribution >= 4 is 25.8 Å². The fourth-order valence-corrected chi connectivity index (χ4v) is 7.44. The van der Waals surface area contributed by atoms with Crippen LogP contribution in [0.2, 0.25) is 0 Å². The predicted octanol–water partition coefficient (Wildman–Crippen LogP) is -0.469. The Labute approximate surface area is 119 Å². The molecule has 0 spiro atoms. The van der Waals surface area contributed by atoms with Gasteiger partial charge in [0.2, 0.25) is 10.0 Å². The Morgan fingerprint density at radius 3 is 2.60 bits per heavy atom. The molecule has 2 heterocycles. The van der Waals surface area contributed by atoms with E-state index in [0.717, 1.165) is 4.31 Å². The molecule has 2 unspecified atom stereocenters. The topological polar surface area (TPSA) is 97.8 Å². The summed E-state index contributed by atoms with van der Waals surface area (Å²) >= 11 is 0. The fourth-order valence-electron chi connectivity index (χ4n) is 2.71. The monoisotopic (exact) mass is 325 g/mol. The van der Waals surface area contributed by atoms with Crippen molar-refractivity contribution in [2.24, 2.45) is 0 Å². The van der Waals surface area contributed by atoms with Crippen LogP contribution >= 0.6 is 0 Å². The lowest BCUT2D eigenvalue weighted by Gasteiger charge is -2.25. The number of carbonyl (C=O) groups excluding carboxylic acids is 1. The lowest BCUT2D eigenvalue weighted by Crippen LogP contribution is -2.46. The standard InChI is InChI=1S/C11H19NO6S2/c1-2-18-11(13)10-4-3-6-12(10)20(16,17)9-5-7-19(14,15)8-9/h9-10H,2-8H2,1H3. The van der Waals surface area contributed by atoms with Gasteiger partial charge in [0.1, 0.15) is 6.04 Å². The Balaban J connectivity index is 2.18. The van der Waals surface area contributed by atoms with Crippen molar-refractivity contribution in [1.29, 1.82) is 0 Å². The van der Waals surface area contributed by atoms with Crippen LogP contribution in [0.1, 0.15) is 26.2 Å². The minimum absolute atomic E-state index is 0.102. The average molecular weight is 325 g/mol. The molecule has 2 saturated heterocycles. The number of sulfone groups is 1. The van der Waals surface area contributed by atoms with Crippen LogP contribution in [0, 0.1) is 0 Å². The van der Waals surface area contributed by atoms with Gasteiger partial charge in [-0.2, -0.15) is 4.31 Å². The zero-order chi connectivity index (χ0) is 15.0. The molecule has 20 heavy (non-hydrogen) atoms. The van der Waals surface area contributed by atoms with Gasteiger partial charge in [0.25, 0.3) is 0 Å². The Bertz CT molecular complexity index is 582. The molecule has 0 amide bonds. The molecular formula is C11H19NO6S2. The average Bonchev–Trinajstić information content (AvgIpc) is 2.95. The van der Waals surface area contributed by atoms with E-state index < -0.39 is 37.1 Å².